The van der Waals surface area contributed by atoms with E-state index < -0.39 is 6.10 Å². The van der Waals surface area contributed by atoms with Crippen LogP contribution in [0.15, 0.2) is 0 Å². The number of aliphatic hydroxyl groups is 1. The Morgan fingerprint density at radius 3 is 2.62 bits per heavy atom. The number of ether oxygens (including phenoxy) is 1. The van der Waals surface area contributed by atoms with Crippen molar-refractivity contribution < 1.29 is 14.6 Å². The van der Waals surface area contributed by atoms with Crippen LogP contribution in [0.4, 0.5) is 0 Å². The van der Waals surface area contributed by atoms with Crippen molar-refractivity contribution in [2.24, 2.45) is 0 Å². The Bertz CT molecular complexity index is 134. The van der Waals surface area contributed by atoms with E-state index in [1.165, 1.54) is 0 Å². The molecular weight excluding hydrogens is 168 g/mol. The third-order valence-electron chi connectivity index (χ3n) is 1.85. The van der Waals surface area contributed by atoms with E-state index in [2.05, 4.69) is 6.92 Å². The van der Waals surface area contributed by atoms with Gasteiger partial charge in [0.2, 0.25) is 0 Å². The molecule has 0 rings (SSSR count). The van der Waals surface area contributed by atoms with Crippen LogP contribution in [-0.2, 0) is 9.53 Å². The minimum Gasteiger partial charge on any atom is -0.466 e. The number of carbonyl (C=O) groups excluding carboxylic acids is 1. The van der Waals surface area contributed by atoms with E-state index in [1.54, 1.807) is 6.92 Å². The number of esters is 1. The highest BCUT2D eigenvalue weighted by Crippen LogP contribution is 2.06. The van der Waals surface area contributed by atoms with Crippen molar-refractivity contribution in [3.8, 4) is 0 Å². The second kappa shape index (κ2) is 8.05. The van der Waals surface area contributed by atoms with Gasteiger partial charge in [-0.05, 0) is 13.3 Å². The first-order valence-corrected chi connectivity index (χ1v) is 5.04. The standard InChI is InChI=1S/C10H20O3/c1-3-5-6-7-9(11)8-10(12)13-4-2/h9,11H,3-8H2,1-2H3/t9-/m0/s1. The van der Waals surface area contributed by atoms with Crippen LogP contribution in [0.2, 0.25) is 0 Å². The molecule has 3 nitrogen and oxygen atoms in total. The Balaban J connectivity index is 3.38. The Hall–Kier alpha value is -0.570. The molecule has 0 aromatic rings. The van der Waals surface area contributed by atoms with Gasteiger partial charge in [-0.15, -0.1) is 0 Å². The van der Waals surface area contributed by atoms with E-state index in [1.807, 2.05) is 0 Å². The quantitative estimate of drug-likeness (QED) is 0.490. The Morgan fingerprint density at radius 1 is 1.38 bits per heavy atom. The Morgan fingerprint density at radius 2 is 2.08 bits per heavy atom. The SMILES string of the molecule is CCCCC[C@H](O)CC(=O)OCC. The zero-order valence-electron chi connectivity index (χ0n) is 8.58. The lowest BCUT2D eigenvalue weighted by molar-refractivity contribution is -0.145. The lowest BCUT2D eigenvalue weighted by atomic mass is 10.1. The summed E-state index contributed by atoms with van der Waals surface area (Å²) in [4.78, 5) is 10.9. The van der Waals surface area contributed by atoms with Gasteiger partial charge in [0.25, 0.3) is 0 Å². The summed E-state index contributed by atoms with van der Waals surface area (Å²) in [6.07, 6.45) is 3.54. The Kier molecular flexibility index (Phi) is 7.69. The summed E-state index contributed by atoms with van der Waals surface area (Å²) in [7, 11) is 0. The molecule has 1 N–H and O–H groups in total. The molecule has 0 aliphatic carbocycles. The highest BCUT2D eigenvalue weighted by Gasteiger charge is 2.10. The molecule has 0 heterocycles. The molecule has 0 unspecified atom stereocenters. The van der Waals surface area contributed by atoms with Crippen LogP contribution >= 0.6 is 0 Å². The highest BCUT2D eigenvalue weighted by molar-refractivity contribution is 5.69. The molecule has 13 heavy (non-hydrogen) atoms. The van der Waals surface area contributed by atoms with E-state index in [-0.39, 0.29) is 12.4 Å². The third kappa shape index (κ3) is 7.78. The zero-order valence-corrected chi connectivity index (χ0v) is 8.58. The lowest BCUT2D eigenvalue weighted by Gasteiger charge is -2.08. The number of hydrogen-bond donors (Lipinski definition) is 1. The van der Waals surface area contributed by atoms with Crippen LogP contribution in [0.25, 0.3) is 0 Å². The molecule has 0 saturated heterocycles. The van der Waals surface area contributed by atoms with Crippen molar-refractivity contribution in [3.05, 3.63) is 0 Å². The molecule has 0 fully saturated rings. The second-order valence-electron chi connectivity index (χ2n) is 3.16. The van der Waals surface area contributed by atoms with Crippen molar-refractivity contribution in [3.63, 3.8) is 0 Å². The number of unbranched alkanes of at least 4 members (excludes halogenated alkanes) is 2. The number of aliphatic hydroxyl groups excluding tert-OH is 1. The van der Waals surface area contributed by atoms with Gasteiger partial charge < -0.3 is 9.84 Å². The van der Waals surface area contributed by atoms with Crippen LogP contribution in [0.1, 0.15) is 46.0 Å². The topological polar surface area (TPSA) is 46.5 Å². The smallest absolute Gasteiger partial charge is 0.308 e. The first-order chi connectivity index (χ1) is 6.20. The van der Waals surface area contributed by atoms with Crippen molar-refractivity contribution in [1.29, 1.82) is 0 Å². The van der Waals surface area contributed by atoms with Gasteiger partial charge in [-0.2, -0.15) is 0 Å². The van der Waals surface area contributed by atoms with Crippen LogP contribution in [-0.4, -0.2) is 23.8 Å². The Labute approximate surface area is 80.1 Å². The largest absolute Gasteiger partial charge is 0.466 e. The van der Waals surface area contributed by atoms with Crippen molar-refractivity contribution in [1.82, 2.24) is 0 Å². The first kappa shape index (κ1) is 12.4. The summed E-state index contributed by atoms with van der Waals surface area (Å²) in [6, 6.07) is 0. The van der Waals surface area contributed by atoms with Gasteiger partial charge in [-0.25, -0.2) is 0 Å². The number of rotatable bonds is 7. The predicted molar refractivity (Wildman–Crippen MR) is 51.4 cm³/mol. The maximum absolute atomic E-state index is 10.9. The van der Waals surface area contributed by atoms with E-state index in [4.69, 9.17) is 4.74 Å². The second-order valence-corrected chi connectivity index (χ2v) is 3.16. The van der Waals surface area contributed by atoms with Crippen LogP contribution in [0, 0.1) is 0 Å². The van der Waals surface area contributed by atoms with Gasteiger partial charge in [0.05, 0.1) is 19.1 Å². The fraction of sp³-hybridized carbons (Fsp3) is 0.900. The summed E-state index contributed by atoms with van der Waals surface area (Å²) in [5.41, 5.74) is 0. The van der Waals surface area contributed by atoms with E-state index >= 15 is 0 Å². The van der Waals surface area contributed by atoms with Gasteiger partial charge >= 0.3 is 5.97 Å². The zero-order chi connectivity index (χ0) is 10.1. The molecule has 0 aromatic heterocycles. The molecule has 0 amide bonds. The molecule has 78 valence electrons. The van der Waals surface area contributed by atoms with Gasteiger partial charge in [0.15, 0.2) is 0 Å². The van der Waals surface area contributed by atoms with Crippen LogP contribution in [0.3, 0.4) is 0 Å². The number of carbonyl (C=O) groups is 1. The molecule has 0 aliphatic heterocycles. The van der Waals surface area contributed by atoms with Crippen LogP contribution < -0.4 is 0 Å². The van der Waals surface area contributed by atoms with E-state index in [0.29, 0.717) is 13.0 Å². The molecule has 0 radical (unpaired) electrons. The minimum atomic E-state index is -0.523. The van der Waals surface area contributed by atoms with E-state index in [9.17, 15) is 9.90 Å². The normalized spacial score (nSPS) is 12.5. The minimum absolute atomic E-state index is 0.136. The van der Waals surface area contributed by atoms with Crippen molar-refractivity contribution >= 4 is 5.97 Å². The van der Waals surface area contributed by atoms with Gasteiger partial charge in [-0.3, -0.25) is 4.79 Å². The lowest BCUT2D eigenvalue weighted by Crippen LogP contribution is -2.15. The van der Waals surface area contributed by atoms with Crippen molar-refractivity contribution in [2.75, 3.05) is 6.61 Å². The molecule has 1 atom stereocenters. The monoisotopic (exact) mass is 188 g/mol. The fourth-order valence-electron chi connectivity index (χ4n) is 1.14. The molecule has 0 bridgehead atoms. The van der Waals surface area contributed by atoms with Gasteiger partial charge in [-0.1, -0.05) is 26.2 Å². The van der Waals surface area contributed by atoms with Gasteiger partial charge in [0.1, 0.15) is 0 Å². The van der Waals surface area contributed by atoms with Crippen LogP contribution in [0.5, 0.6) is 0 Å². The molecule has 0 aromatic carbocycles. The summed E-state index contributed by atoms with van der Waals surface area (Å²) in [6.45, 7) is 4.26. The summed E-state index contributed by atoms with van der Waals surface area (Å²) in [5.74, 6) is -0.300. The molecule has 0 spiro atoms. The summed E-state index contributed by atoms with van der Waals surface area (Å²) >= 11 is 0. The maximum Gasteiger partial charge on any atom is 0.308 e. The maximum atomic E-state index is 10.9. The van der Waals surface area contributed by atoms with Crippen molar-refractivity contribution in [2.45, 2.75) is 52.1 Å². The fourth-order valence-corrected chi connectivity index (χ4v) is 1.14. The third-order valence-corrected chi connectivity index (χ3v) is 1.85. The summed E-state index contributed by atoms with van der Waals surface area (Å²) in [5, 5.41) is 9.37. The highest BCUT2D eigenvalue weighted by atomic mass is 16.5. The summed E-state index contributed by atoms with van der Waals surface area (Å²) < 4.78 is 4.72. The molecule has 3 heteroatoms. The first-order valence-electron chi connectivity index (χ1n) is 5.04. The number of hydrogen-bond acceptors (Lipinski definition) is 3. The molecule has 0 saturated carbocycles. The molecule has 0 aliphatic rings. The average Bonchev–Trinajstić information content (AvgIpc) is 2.05. The average molecular weight is 188 g/mol. The molecular formula is C10H20O3. The van der Waals surface area contributed by atoms with E-state index in [0.717, 1.165) is 19.3 Å². The van der Waals surface area contributed by atoms with Gasteiger partial charge in [0, 0.05) is 0 Å². The predicted octanol–water partition coefficient (Wildman–Crippen LogP) is 1.88.